The molecule has 1 aliphatic heterocycles. The number of nitrogens with zero attached hydrogens (tertiary/aromatic N) is 4. The molecule has 0 fully saturated rings. The fraction of sp³-hybridized carbons (Fsp3) is 0.250. The summed E-state index contributed by atoms with van der Waals surface area (Å²) in [6.07, 6.45) is 0. The molecule has 0 saturated heterocycles. The molecule has 1 aliphatic rings. The Morgan fingerprint density at radius 2 is 1.92 bits per heavy atom. The SMILES string of the molecule is COc1cccc(C(=O)N2CCn3nc(-c4ccccc4)nc3[C@@H]2C)c1. The first-order chi connectivity index (χ1) is 12.7. The van der Waals surface area contributed by atoms with Crippen molar-refractivity contribution in [3.05, 3.63) is 66.0 Å². The summed E-state index contributed by atoms with van der Waals surface area (Å²) in [5.74, 6) is 2.16. The van der Waals surface area contributed by atoms with Crippen LogP contribution in [0, 0.1) is 0 Å². The summed E-state index contributed by atoms with van der Waals surface area (Å²) in [5.41, 5.74) is 1.60. The molecular weight excluding hydrogens is 328 g/mol. The summed E-state index contributed by atoms with van der Waals surface area (Å²) >= 11 is 0. The van der Waals surface area contributed by atoms with Crippen molar-refractivity contribution in [2.75, 3.05) is 13.7 Å². The number of carbonyl (C=O) groups excluding carboxylic acids is 1. The largest absolute Gasteiger partial charge is 0.497 e. The lowest BCUT2D eigenvalue weighted by Crippen LogP contribution is -2.41. The van der Waals surface area contributed by atoms with E-state index in [1.165, 1.54) is 0 Å². The number of rotatable bonds is 3. The average Bonchev–Trinajstić information content (AvgIpc) is 3.14. The summed E-state index contributed by atoms with van der Waals surface area (Å²) < 4.78 is 7.14. The van der Waals surface area contributed by atoms with E-state index in [2.05, 4.69) is 5.10 Å². The lowest BCUT2D eigenvalue weighted by atomic mass is 10.1. The molecule has 0 radical (unpaired) electrons. The Kier molecular flexibility index (Phi) is 4.16. The van der Waals surface area contributed by atoms with Crippen LogP contribution >= 0.6 is 0 Å². The molecule has 0 saturated carbocycles. The Morgan fingerprint density at radius 1 is 1.12 bits per heavy atom. The Bertz CT molecular complexity index is 936. The number of methoxy groups -OCH3 is 1. The van der Waals surface area contributed by atoms with Crippen LogP contribution in [-0.2, 0) is 6.54 Å². The van der Waals surface area contributed by atoms with E-state index in [-0.39, 0.29) is 11.9 Å². The van der Waals surface area contributed by atoms with E-state index in [0.29, 0.717) is 30.2 Å². The smallest absolute Gasteiger partial charge is 0.254 e. The molecule has 0 aliphatic carbocycles. The highest BCUT2D eigenvalue weighted by Crippen LogP contribution is 2.28. The second kappa shape index (κ2) is 6.63. The lowest BCUT2D eigenvalue weighted by molar-refractivity contribution is 0.0630. The predicted octanol–water partition coefficient (Wildman–Crippen LogP) is 3.17. The first-order valence-corrected chi connectivity index (χ1v) is 8.62. The van der Waals surface area contributed by atoms with Crippen LogP contribution in [0.3, 0.4) is 0 Å². The van der Waals surface area contributed by atoms with Crippen LogP contribution in [0.15, 0.2) is 54.6 Å². The zero-order valence-electron chi connectivity index (χ0n) is 14.8. The van der Waals surface area contributed by atoms with Gasteiger partial charge in [-0.15, -0.1) is 0 Å². The zero-order chi connectivity index (χ0) is 18.1. The predicted molar refractivity (Wildman–Crippen MR) is 97.9 cm³/mol. The summed E-state index contributed by atoms with van der Waals surface area (Å²) in [4.78, 5) is 19.5. The first-order valence-electron chi connectivity index (χ1n) is 8.62. The molecule has 0 N–H and O–H groups in total. The highest BCUT2D eigenvalue weighted by Gasteiger charge is 2.31. The van der Waals surface area contributed by atoms with Gasteiger partial charge in [0.15, 0.2) is 5.82 Å². The molecule has 6 nitrogen and oxygen atoms in total. The number of benzene rings is 2. The Labute approximate surface area is 152 Å². The van der Waals surface area contributed by atoms with Gasteiger partial charge in [-0.3, -0.25) is 4.79 Å². The van der Waals surface area contributed by atoms with Gasteiger partial charge in [0.05, 0.1) is 19.7 Å². The maximum Gasteiger partial charge on any atom is 0.254 e. The van der Waals surface area contributed by atoms with Crippen LogP contribution in [0.2, 0.25) is 0 Å². The third-order valence-electron chi connectivity index (χ3n) is 4.70. The number of amides is 1. The van der Waals surface area contributed by atoms with Crippen molar-refractivity contribution in [1.29, 1.82) is 0 Å². The van der Waals surface area contributed by atoms with Gasteiger partial charge in [-0.05, 0) is 25.1 Å². The average molecular weight is 348 g/mol. The second-order valence-electron chi connectivity index (χ2n) is 6.29. The van der Waals surface area contributed by atoms with Crippen molar-refractivity contribution >= 4 is 5.91 Å². The monoisotopic (exact) mass is 348 g/mol. The van der Waals surface area contributed by atoms with E-state index in [1.54, 1.807) is 13.2 Å². The summed E-state index contributed by atoms with van der Waals surface area (Å²) in [7, 11) is 1.60. The van der Waals surface area contributed by atoms with Crippen LogP contribution in [0.4, 0.5) is 0 Å². The maximum absolute atomic E-state index is 13.0. The minimum Gasteiger partial charge on any atom is -0.497 e. The van der Waals surface area contributed by atoms with Crippen molar-refractivity contribution < 1.29 is 9.53 Å². The number of hydrogen-bond acceptors (Lipinski definition) is 4. The van der Waals surface area contributed by atoms with Crippen molar-refractivity contribution in [3.63, 3.8) is 0 Å². The quantitative estimate of drug-likeness (QED) is 0.729. The molecule has 1 aromatic heterocycles. The van der Waals surface area contributed by atoms with Crippen molar-refractivity contribution in [3.8, 4) is 17.1 Å². The molecule has 1 amide bonds. The molecule has 132 valence electrons. The van der Waals surface area contributed by atoms with E-state index >= 15 is 0 Å². The molecule has 2 heterocycles. The normalized spacial score (nSPS) is 16.2. The maximum atomic E-state index is 13.0. The van der Waals surface area contributed by atoms with E-state index in [1.807, 2.05) is 65.0 Å². The first kappa shape index (κ1) is 16.3. The fourth-order valence-electron chi connectivity index (χ4n) is 3.27. The number of carbonyl (C=O) groups is 1. The minimum atomic E-state index is -0.146. The van der Waals surface area contributed by atoms with Gasteiger partial charge >= 0.3 is 0 Å². The summed E-state index contributed by atoms with van der Waals surface area (Å²) in [6, 6.07) is 17.0. The lowest BCUT2D eigenvalue weighted by Gasteiger charge is -2.33. The van der Waals surface area contributed by atoms with Crippen LogP contribution in [-0.4, -0.2) is 39.2 Å². The second-order valence-corrected chi connectivity index (χ2v) is 6.29. The van der Waals surface area contributed by atoms with E-state index < -0.39 is 0 Å². The van der Waals surface area contributed by atoms with Gasteiger partial charge in [-0.2, -0.15) is 5.10 Å². The van der Waals surface area contributed by atoms with Crippen LogP contribution in [0.1, 0.15) is 29.1 Å². The van der Waals surface area contributed by atoms with E-state index in [4.69, 9.17) is 9.72 Å². The third kappa shape index (κ3) is 2.83. The van der Waals surface area contributed by atoms with Gasteiger partial charge in [-0.25, -0.2) is 9.67 Å². The van der Waals surface area contributed by atoms with Crippen molar-refractivity contribution in [1.82, 2.24) is 19.7 Å². The van der Waals surface area contributed by atoms with Gasteiger partial charge in [0.1, 0.15) is 11.6 Å². The molecule has 4 rings (SSSR count). The van der Waals surface area contributed by atoms with Gasteiger partial charge in [0, 0.05) is 17.7 Å². The molecular formula is C20H20N4O2. The van der Waals surface area contributed by atoms with Gasteiger partial charge in [-0.1, -0.05) is 36.4 Å². The highest BCUT2D eigenvalue weighted by molar-refractivity contribution is 5.95. The number of hydrogen-bond donors (Lipinski definition) is 0. The van der Waals surface area contributed by atoms with E-state index in [0.717, 1.165) is 11.4 Å². The molecule has 0 unspecified atom stereocenters. The molecule has 6 heteroatoms. The fourth-order valence-corrected chi connectivity index (χ4v) is 3.27. The van der Waals surface area contributed by atoms with Crippen LogP contribution in [0.25, 0.3) is 11.4 Å². The highest BCUT2D eigenvalue weighted by atomic mass is 16.5. The number of fused-ring (bicyclic) bond motifs is 1. The molecule has 3 aromatic rings. The summed E-state index contributed by atoms with van der Waals surface area (Å²) in [6.45, 7) is 3.23. The van der Waals surface area contributed by atoms with Crippen LogP contribution in [0.5, 0.6) is 5.75 Å². The molecule has 0 spiro atoms. The Hall–Kier alpha value is -3.15. The zero-order valence-corrected chi connectivity index (χ0v) is 14.8. The third-order valence-corrected chi connectivity index (χ3v) is 4.70. The van der Waals surface area contributed by atoms with Gasteiger partial charge in [0.25, 0.3) is 5.91 Å². The number of aromatic nitrogens is 3. The topological polar surface area (TPSA) is 60.2 Å². The van der Waals surface area contributed by atoms with Crippen LogP contribution < -0.4 is 4.74 Å². The minimum absolute atomic E-state index is 0.0214. The van der Waals surface area contributed by atoms with E-state index in [9.17, 15) is 4.79 Å². The number of ether oxygens (including phenoxy) is 1. The molecule has 0 bridgehead atoms. The van der Waals surface area contributed by atoms with Crippen molar-refractivity contribution in [2.24, 2.45) is 0 Å². The van der Waals surface area contributed by atoms with Gasteiger partial charge < -0.3 is 9.64 Å². The van der Waals surface area contributed by atoms with Gasteiger partial charge in [0.2, 0.25) is 0 Å². The Morgan fingerprint density at radius 3 is 2.69 bits per heavy atom. The van der Waals surface area contributed by atoms with Crippen molar-refractivity contribution in [2.45, 2.75) is 19.5 Å². The Balaban J connectivity index is 1.62. The standard InChI is InChI=1S/C20H20N4O2/c1-14-19-21-18(15-7-4-3-5-8-15)22-24(19)12-11-23(14)20(25)16-9-6-10-17(13-16)26-2/h3-10,13-14H,11-12H2,1-2H3/t14-/m0/s1. The molecule has 26 heavy (non-hydrogen) atoms. The molecule has 1 atom stereocenters. The molecule has 2 aromatic carbocycles. The summed E-state index contributed by atoms with van der Waals surface area (Å²) in [5, 5.41) is 4.61.